The minimum absolute atomic E-state index is 0.158. The summed E-state index contributed by atoms with van der Waals surface area (Å²) in [5.74, 6) is 1.49. The molecule has 0 bridgehead atoms. The first kappa shape index (κ1) is 13.6. The summed E-state index contributed by atoms with van der Waals surface area (Å²) in [5, 5.41) is 13.8. The minimum Gasteiger partial charge on any atom is -0.490 e. The molecular formula is C13H13N3O4. The smallest absolute Gasteiger partial charge is 0.314 e. The monoisotopic (exact) mass is 275 g/mol. The molecule has 0 saturated heterocycles. The molecule has 0 aliphatic rings. The molecule has 0 aliphatic heterocycles. The molecule has 2 rings (SSSR count). The van der Waals surface area contributed by atoms with E-state index in [9.17, 15) is 10.1 Å². The summed E-state index contributed by atoms with van der Waals surface area (Å²) in [7, 11) is 3.12. The second-order valence-corrected chi connectivity index (χ2v) is 3.80. The Labute approximate surface area is 115 Å². The Morgan fingerprint density at radius 1 is 1.30 bits per heavy atom. The third-order valence-electron chi connectivity index (χ3n) is 2.55. The van der Waals surface area contributed by atoms with Crippen molar-refractivity contribution in [2.45, 2.75) is 0 Å². The molecule has 1 aromatic heterocycles. The Balaban J connectivity index is 2.29. The fraction of sp³-hybridized carbons (Fsp3) is 0.154. The van der Waals surface area contributed by atoms with Crippen LogP contribution in [0.4, 0.5) is 11.5 Å². The molecule has 0 amide bonds. The van der Waals surface area contributed by atoms with Gasteiger partial charge in [0, 0.05) is 13.1 Å². The van der Waals surface area contributed by atoms with Gasteiger partial charge in [0.2, 0.25) is 5.88 Å². The zero-order chi connectivity index (χ0) is 14.5. The van der Waals surface area contributed by atoms with Gasteiger partial charge in [-0.1, -0.05) is 6.07 Å². The Morgan fingerprint density at radius 3 is 2.75 bits per heavy atom. The maximum Gasteiger partial charge on any atom is 0.314 e. The molecule has 0 radical (unpaired) electrons. The van der Waals surface area contributed by atoms with Gasteiger partial charge in [-0.3, -0.25) is 10.1 Å². The molecule has 0 aliphatic carbocycles. The maximum absolute atomic E-state index is 10.9. The topological polar surface area (TPSA) is 86.5 Å². The van der Waals surface area contributed by atoms with Crippen LogP contribution in [0.1, 0.15) is 0 Å². The number of nitro benzene ring substituents is 1. The number of aromatic nitrogens is 1. The van der Waals surface area contributed by atoms with E-state index in [0.717, 1.165) is 0 Å². The van der Waals surface area contributed by atoms with E-state index in [1.807, 2.05) is 0 Å². The average Bonchev–Trinajstić information content (AvgIpc) is 2.47. The summed E-state index contributed by atoms with van der Waals surface area (Å²) in [6.45, 7) is 0. The number of nitro groups is 1. The van der Waals surface area contributed by atoms with E-state index in [-0.39, 0.29) is 11.4 Å². The van der Waals surface area contributed by atoms with Crippen molar-refractivity contribution >= 4 is 11.5 Å². The number of hydrogen-bond donors (Lipinski definition) is 1. The van der Waals surface area contributed by atoms with Crippen molar-refractivity contribution in [1.29, 1.82) is 0 Å². The molecule has 7 nitrogen and oxygen atoms in total. The number of hydrogen-bond acceptors (Lipinski definition) is 6. The normalized spacial score (nSPS) is 9.90. The molecule has 0 saturated carbocycles. The van der Waals surface area contributed by atoms with Gasteiger partial charge in [0.05, 0.1) is 18.1 Å². The second kappa shape index (κ2) is 5.87. The number of pyridine rings is 1. The molecule has 0 fully saturated rings. The van der Waals surface area contributed by atoms with Crippen molar-refractivity contribution in [1.82, 2.24) is 4.98 Å². The lowest BCUT2D eigenvalue weighted by Gasteiger charge is -2.07. The predicted octanol–water partition coefficient (Wildman–Crippen LogP) is 2.83. The summed E-state index contributed by atoms with van der Waals surface area (Å²) in [4.78, 5) is 14.6. The van der Waals surface area contributed by atoms with Gasteiger partial charge in [-0.05, 0) is 18.2 Å². The molecule has 1 N–H and O–H groups in total. The third kappa shape index (κ3) is 2.94. The van der Waals surface area contributed by atoms with Crippen molar-refractivity contribution < 1.29 is 14.4 Å². The van der Waals surface area contributed by atoms with Crippen molar-refractivity contribution in [3.8, 4) is 17.4 Å². The van der Waals surface area contributed by atoms with Gasteiger partial charge in [0.15, 0.2) is 5.75 Å². The van der Waals surface area contributed by atoms with E-state index in [2.05, 4.69) is 10.3 Å². The molecule has 0 spiro atoms. The van der Waals surface area contributed by atoms with Crippen LogP contribution in [0.3, 0.4) is 0 Å². The van der Waals surface area contributed by atoms with Crippen LogP contribution >= 0.6 is 0 Å². The first-order chi connectivity index (χ1) is 9.63. The second-order valence-electron chi connectivity index (χ2n) is 3.80. The molecule has 1 aromatic carbocycles. The Hall–Kier alpha value is -2.83. The van der Waals surface area contributed by atoms with Crippen LogP contribution in [0, 0.1) is 10.1 Å². The molecule has 0 unspecified atom stereocenters. The number of nitrogens with zero attached hydrogens (tertiary/aromatic N) is 2. The van der Waals surface area contributed by atoms with Crippen LogP contribution in [0.15, 0.2) is 36.4 Å². The summed E-state index contributed by atoms with van der Waals surface area (Å²) in [6.07, 6.45) is 0. The first-order valence-corrected chi connectivity index (χ1v) is 5.79. The summed E-state index contributed by atoms with van der Waals surface area (Å²) >= 11 is 0. The van der Waals surface area contributed by atoms with E-state index < -0.39 is 4.92 Å². The van der Waals surface area contributed by atoms with E-state index in [1.54, 1.807) is 31.3 Å². The lowest BCUT2D eigenvalue weighted by atomic mass is 10.3. The number of methoxy groups -OCH3 is 1. The Bertz CT molecular complexity index is 631. The van der Waals surface area contributed by atoms with E-state index in [4.69, 9.17) is 9.47 Å². The fourth-order valence-electron chi connectivity index (χ4n) is 1.61. The highest BCUT2D eigenvalue weighted by Gasteiger charge is 2.16. The molecule has 0 atom stereocenters. The quantitative estimate of drug-likeness (QED) is 0.667. The molecule has 7 heteroatoms. The van der Waals surface area contributed by atoms with Gasteiger partial charge in [-0.15, -0.1) is 0 Å². The fourth-order valence-corrected chi connectivity index (χ4v) is 1.61. The van der Waals surface area contributed by atoms with Gasteiger partial charge in [0.1, 0.15) is 11.6 Å². The van der Waals surface area contributed by atoms with Crippen molar-refractivity contribution in [3.05, 3.63) is 46.5 Å². The van der Waals surface area contributed by atoms with Crippen LogP contribution < -0.4 is 14.8 Å². The Kier molecular flexibility index (Phi) is 3.99. The van der Waals surface area contributed by atoms with Crippen LogP contribution in [-0.2, 0) is 0 Å². The average molecular weight is 275 g/mol. The number of anilines is 1. The number of ether oxygens (including phenoxy) is 2. The zero-order valence-electron chi connectivity index (χ0n) is 11.0. The number of rotatable bonds is 5. The zero-order valence-corrected chi connectivity index (χ0v) is 11.0. The lowest BCUT2D eigenvalue weighted by molar-refractivity contribution is -0.385. The van der Waals surface area contributed by atoms with E-state index >= 15 is 0 Å². The van der Waals surface area contributed by atoms with Gasteiger partial charge < -0.3 is 14.8 Å². The summed E-state index contributed by atoms with van der Waals surface area (Å²) < 4.78 is 10.4. The van der Waals surface area contributed by atoms with Crippen molar-refractivity contribution in [3.63, 3.8) is 0 Å². The predicted molar refractivity (Wildman–Crippen MR) is 73.5 cm³/mol. The van der Waals surface area contributed by atoms with Crippen LogP contribution in [0.2, 0.25) is 0 Å². The summed E-state index contributed by atoms with van der Waals surface area (Å²) in [6, 6.07) is 9.58. The van der Waals surface area contributed by atoms with Crippen LogP contribution in [-0.4, -0.2) is 24.1 Å². The van der Waals surface area contributed by atoms with Crippen LogP contribution in [0.5, 0.6) is 17.4 Å². The van der Waals surface area contributed by atoms with Crippen molar-refractivity contribution in [2.75, 3.05) is 19.5 Å². The highest BCUT2D eigenvalue weighted by Crippen LogP contribution is 2.32. The molecule has 2 aromatic rings. The van der Waals surface area contributed by atoms with E-state index in [0.29, 0.717) is 17.4 Å². The highest BCUT2D eigenvalue weighted by molar-refractivity contribution is 5.51. The van der Waals surface area contributed by atoms with E-state index in [1.165, 1.54) is 19.2 Å². The summed E-state index contributed by atoms with van der Waals surface area (Å²) in [5.41, 5.74) is -0.158. The maximum atomic E-state index is 10.9. The SMILES string of the molecule is CNc1cccc(Oc2ccc(OC)c([N+](=O)[O-])c2)n1. The van der Waals surface area contributed by atoms with Gasteiger partial charge >= 0.3 is 5.69 Å². The largest absolute Gasteiger partial charge is 0.490 e. The standard InChI is InChI=1S/C13H13N3O4/c1-14-12-4-3-5-13(15-12)20-9-6-7-11(19-2)10(8-9)16(17)18/h3-8H,1-2H3,(H,14,15). The van der Waals surface area contributed by atoms with Gasteiger partial charge in [-0.2, -0.15) is 4.98 Å². The van der Waals surface area contributed by atoms with Gasteiger partial charge in [-0.25, -0.2) is 0 Å². The third-order valence-corrected chi connectivity index (χ3v) is 2.55. The molecule has 104 valence electrons. The molecule has 1 heterocycles. The Morgan fingerprint density at radius 2 is 2.10 bits per heavy atom. The number of nitrogens with one attached hydrogen (secondary N) is 1. The van der Waals surface area contributed by atoms with Gasteiger partial charge in [0.25, 0.3) is 0 Å². The first-order valence-electron chi connectivity index (χ1n) is 5.79. The highest BCUT2D eigenvalue weighted by atomic mass is 16.6. The van der Waals surface area contributed by atoms with Crippen molar-refractivity contribution in [2.24, 2.45) is 0 Å². The van der Waals surface area contributed by atoms with Crippen LogP contribution in [0.25, 0.3) is 0 Å². The number of benzene rings is 1. The molecule has 20 heavy (non-hydrogen) atoms. The minimum atomic E-state index is -0.525. The lowest BCUT2D eigenvalue weighted by Crippen LogP contribution is -1.96. The molecular weight excluding hydrogens is 262 g/mol.